The van der Waals surface area contributed by atoms with E-state index in [1.54, 1.807) is 6.92 Å². The Balaban J connectivity index is 2.55. The van der Waals surface area contributed by atoms with Gasteiger partial charge in [-0.3, -0.25) is 4.21 Å². The molecule has 2 aromatic rings. The van der Waals surface area contributed by atoms with E-state index in [0.29, 0.717) is 0 Å². The molecular weight excluding hydrogens is 278 g/mol. The van der Waals surface area contributed by atoms with Crippen LogP contribution in [-0.4, -0.2) is 33.4 Å². The molecule has 0 spiro atoms. The Kier molecular flexibility index (Phi) is 3.66. The van der Waals surface area contributed by atoms with Crippen LogP contribution in [-0.2, 0) is 17.6 Å². The normalized spacial score (nSPS) is 14.2. The molecule has 19 heavy (non-hydrogen) atoms. The van der Waals surface area contributed by atoms with Gasteiger partial charge in [0.1, 0.15) is 6.20 Å². The van der Waals surface area contributed by atoms with E-state index in [1.165, 1.54) is 4.57 Å². The minimum absolute atomic E-state index is 0.0354. The van der Waals surface area contributed by atoms with E-state index in [0.717, 1.165) is 12.6 Å². The zero-order chi connectivity index (χ0) is 14.0. The van der Waals surface area contributed by atoms with Gasteiger partial charge in [-0.15, -0.1) is 10.2 Å². The van der Waals surface area contributed by atoms with Crippen LogP contribution in [0.5, 0.6) is 0 Å². The minimum Gasteiger partial charge on any atom is -0.771 e. The van der Waals surface area contributed by atoms with Crippen LogP contribution in [0.4, 0.5) is 5.82 Å². The van der Waals surface area contributed by atoms with Crippen molar-refractivity contribution in [2.24, 2.45) is 0 Å². The Morgan fingerprint density at radius 1 is 1.63 bits per heavy atom. The van der Waals surface area contributed by atoms with Gasteiger partial charge in [0, 0.05) is 0 Å². The third-order valence-corrected chi connectivity index (χ3v) is 3.19. The first-order valence-corrected chi connectivity index (χ1v) is 6.24. The van der Waals surface area contributed by atoms with Gasteiger partial charge in [-0.25, -0.2) is 9.55 Å². The summed E-state index contributed by atoms with van der Waals surface area (Å²) in [6.07, 6.45) is 1.97. The monoisotopic (exact) mass is 286 g/mol. The molecule has 2 unspecified atom stereocenters. The molecule has 0 aliphatic rings. The largest absolute Gasteiger partial charge is 0.771 e. The fourth-order valence-electron chi connectivity index (χ4n) is 1.63. The summed E-state index contributed by atoms with van der Waals surface area (Å²) < 4.78 is 28.6. The molecule has 0 saturated heterocycles. The molecular formula is C8H8N5O5S-. The zero-order valence-corrected chi connectivity index (χ0v) is 10.4. The van der Waals surface area contributed by atoms with Gasteiger partial charge in [0.05, 0.1) is 6.54 Å². The molecule has 0 aliphatic heterocycles. The molecule has 11 heteroatoms. The van der Waals surface area contributed by atoms with Crippen LogP contribution in [0.3, 0.4) is 0 Å². The van der Waals surface area contributed by atoms with Crippen LogP contribution in [0.25, 0.3) is 0 Å². The van der Waals surface area contributed by atoms with Gasteiger partial charge in [0.15, 0.2) is 5.25 Å². The maximum atomic E-state index is 11.3. The summed E-state index contributed by atoms with van der Waals surface area (Å²) in [5.41, 5.74) is 0. The van der Waals surface area contributed by atoms with Crippen molar-refractivity contribution in [2.45, 2.75) is 18.7 Å². The molecule has 0 aliphatic carbocycles. The van der Waals surface area contributed by atoms with Crippen LogP contribution in [0, 0.1) is 10.1 Å². The lowest BCUT2D eigenvalue weighted by Gasteiger charge is -2.13. The summed E-state index contributed by atoms with van der Waals surface area (Å²) in [7, 11) is 0. The third-order valence-electron chi connectivity index (χ3n) is 2.40. The predicted molar refractivity (Wildman–Crippen MR) is 59.6 cm³/mol. The van der Waals surface area contributed by atoms with Crippen LogP contribution < -0.4 is 0 Å². The van der Waals surface area contributed by atoms with Crippen molar-refractivity contribution in [2.75, 3.05) is 0 Å². The van der Waals surface area contributed by atoms with Crippen LogP contribution in [0.15, 0.2) is 17.0 Å². The van der Waals surface area contributed by atoms with Gasteiger partial charge < -0.3 is 19.1 Å². The summed E-state index contributed by atoms with van der Waals surface area (Å²) in [6, 6.07) is 0. The average Bonchev–Trinajstić information content (AvgIpc) is 2.98. The molecule has 0 bridgehead atoms. The summed E-state index contributed by atoms with van der Waals surface area (Å²) in [5.74, 6) is -0.525. The quantitative estimate of drug-likeness (QED) is 0.430. The summed E-state index contributed by atoms with van der Waals surface area (Å²) in [5, 5.41) is 16.4. The first-order chi connectivity index (χ1) is 9.06. The number of nitro groups is 1. The third kappa shape index (κ3) is 2.37. The van der Waals surface area contributed by atoms with Crippen molar-refractivity contribution >= 4 is 16.9 Å². The first kappa shape index (κ1) is 13.3. The van der Waals surface area contributed by atoms with Gasteiger partial charge in [0.2, 0.25) is 18.1 Å². The Hall–Kier alpha value is -2.14. The van der Waals surface area contributed by atoms with Gasteiger partial charge in [-0.05, 0) is 22.9 Å². The van der Waals surface area contributed by atoms with E-state index >= 15 is 0 Å². The van der Waals surface area contributed by atoms with E-state index in [4.69, 9.17) is 4.42 Å². The Morgan fingerprint density at radius 2 is 2.37 bits per heavy atom. The number of hydrogen-bond donors (Lipinski definition) is 0. The highest BCUT2D eigenvalue weighted by Crippen LogP contribution is 2.27. The van der Waals surface area contributed by atoms with E-state index in [-0.39, 0.29) is 24.1 Å². The molecule has 0 N–H and O–H groups in total. The maximum absolute atomic E-state index is 11.3. The standard InChI is InChI=1S/C8H9N5O5S/c1-2-12-5(13(14)15)3-9-7(12)6(19(16)17)8-11-10-4-18-8/h3-4,6H,2H2,1H3,(H,16,17)/p-1. The van der Waals surface area contributed by atoms with Crippen molar-refractivity contribution in [1.82, 2.24) is 19.7 Å². The lowest BCUT2D eigenvalue weighted by atomic mass is 10.4. The highest BCUT2D eigenvalue weighted by Gasteiger charge is 2.31. The molecule has 0 fully saturated rings. The number of hydrogen-bond acceptors (Lipinski definition) is 8. The molecule has 2 atom stereocenters. The second-order valence-corrected chi connectivity index (χ2v) is 4.39. The number of aromatic nitrogens is 4. The maximum Gasteiger partial charge on any atom is 0.342 e. The SMILES string of the molecule is CCn1c([N+](=O)[O-])cnc1C(c1nnco1)S(=O)[O-]. The summed E-state index contributed by atoms with van der Waals surface area (Å²) in [6.45, 7) is 1.82. The minimum atomic E-state index is -2.65. The first-order valence-electron chi connectivity index (χ1n) is 5.10. The molecule has 0 saturated carbocycles. The number of imidazole rings is 1. The highest BCUT2D eigenvalue weighted by molar-refractivity contribution is 7.79. The molecule has 0 amide bonds. The molecule has 2 rings (SSSR count). The Labute approximate surface area is 108 Å². The van der Waals surface area contributed by atoms with E-state index in [1.807, 2.05) is 0 Å². The fraction of sp³-hybridized carbons (Fsp3) is 0.375. The Bertz CT molecular complexity index is 609. The second kappa shape index (κ2) is 5.24. The second-order valence-electron chi connectivity index (χ2n) is 3.39. The van der Waals surface area contributed by atoms with Crippen LogP contribution in [0.2, 0.25) is 0 Å². The van der Waals surface area contributed by atoms with Gasteiger partial charge in [0.25, 0.3) is 0 Å². The van der Waals surface area contributed by atoms with Crippen molar-refractivity contribution in [3.05, 3.63) is 34.4 Å². The summed E-state index contributed by atoms with van der Waals surface area (Å²) >= 11 is -2.65. The van der Waals surface area contributed by atoms with Gasteiger partial charge in [-0.2, -0.15) is 0 Å². The molecule has 2 aromatic heterocycles. The van der Waals surface area contributed by atoms with Crippen LogP contribution >= 0.6 is 0 Å². The molecule has 10 nitrogen and oxygen atoms in total. The number of rotatable bonds is 5. The van der Waals surface area contributed by atoms with E-state index in [2.05, 4.69) is 15.2 Å². The fourth-order valence-corrected chi connectivity index (χ4v) is 2.26. The highest BCUT2D eigenvalue weighted by atomic mass is 32.2. The van der Waals surface area contributed by atoms with E-state index < -0.39 is 21.3 Å². The lowest BCUT2D eigenvalue weighted by Crippen LogP contribution is -2.15. The summed E-state index contributed by atoms with van der Waals surface area (Å²) in [4.78, 5) is 14.0. The molecule has 2 heterocycles. The van der Waals surface area contributed by atoms with Crippen molar-refractivity contribution in [3.8, 4) is 0 Å². The van der Waals surface area contributed by atoms with Gasteiger partial charge >= 0.3 is 5.82 Å². The van der Waals surface area contributed by atoms with Crippen LogP contribution in [0.1, 0.15) is 23.9 Å². The smallest absolute Gasteiger partial charge is 0.342 e. The topological polar surface area (TPSA) is 140 Å². The predicted octanol–water partition coefficient (Wildman–Crippen LogP) is 0.163. The van der Waals surface area contributed by atoms with Gasteiger partial charge in [-0.1, -0.05) is 0 Å². The molecule has 0 radical (unpaired) electrons. The average molecular weight is 286 g/mol. The zero-order valence-electron chi connectivity index (χ0n) is 9.62. The van der Waals surface area contributed by atoms with Crippen molar-refractivity contribution < 1.29 is 18.1 Å². The van der Waals surface area contributed by atoms with Crippen molar-refractivity contribution in [3.63, 3.8) is 0 Å². The molecule has 0 aromatic carbocycles. The Morgan fingerprint density at radius 3 is 2.84 bits per heavy atom. The van der Waals surface area contributed by atoms with E-state index in [9.17, 15) is 18.9 Å². The lowest BCUT2D eigenvalue weighted by molar-refractivity contribution is -0.392. The number of nitrogens with zero attached hydrogens (tertiary/aromatic N) is 5. The molecule has 102 valence electrons. The van der Waals surface area contributed by atoms with Crippen molar-refractivity contribution in [1.29, 1.82) is 0 Å².